The Morgan fingerprint density at radius 1 is 1.20 bits per heavy atom. The molecule has 1 N–H and O–H groups in total. The van der Waals surface area contributed by atoms with E-state index in [1.54, 1.807) is 0 Å². The lowest BCUT2D eigenvalue weighted by Gasteiger charge is -1.76. The molecule has 0 aromatic heterocycles. The van der Waals surface area contributed by atoms with Crippen molar-refractivity contribution in [2.75, 3.05) is 0 Å². The van der Waals surface area contributed by atoms with E-state index in [-0.39, 0.29) is 0 Å². The second-order valence-electron chi connectivity index (χ2n) is 0.385. The highest BCUT2D eigenvalue weighted by atomic mass is 35.5. The van der Waals surface area contributed by atoms with E-state index in [1.807, 2.05) is 0 Å². The predicted molar refractivity (Wildman–Crippen MR) is 26.3 cm³/mol. The van der Waals surface area contributed by atoms with Crippen LogP contribution in [0, 0.1) is 0 Å². The van der Waals surface area contributed by atoms with Crippen molar-refractivity contribution in [1.29, 1.82) is 0 Å². The lowest BCUT2D eigenvalue weighted by Crippen LogP contribution is -2.14. The molecule has 0 aromatic rings. The van der Waals surface area contributed by atoms with Gasteiger partial charge in [0.15, 0.2) is 0 Å². The average molecular weight is 108 g/mol. The van der Waals surface area contributed by atoms with Crippen LogP contribution in [0.4, 0.5) is 0 Å². The highest BCUT2D eigenvalue weighted by Gasteiger charge is 1.77. The number of hydrogen-bond donors (Lipinski definition) is 1. The van der Waals surface area contributed by atoms with Crippen LogP contribution in [-0.2, 0) is 0 Å². The molecule has 0 aromatic carbocycles. The van der Waals surface area contributed by atoms with Gasteiger partial charge in [0, 0.05) is 0 Å². The highest BCUT2D eigenvalue weighted by molar-refractivity contribution is 7.02. The van der Waals surface area contributed by atoms with E-state index in [9.17, 15) is 0 Å². The summed E-state index contributed by atoms with van der Waals surface area (Å²) in [4.78, 5) is 0. The molecule has 0 bridgehead atoms. The minimum Gasteiger partial charge on any atom is -0.378 e. The summed E-state index contributed by atoms with van der Waals surface area (Å²) in [6.45, 7) is 2.43. The first-order valence-electron chi connectivity index (χ1n) is 1.01. The number of hydrogen-bond acceptors (Lipinski definition) is 1. The molecule has 0 atom stereocenters. The molecule has 0 unspecified atom stereocenters. The van der Waals surface area contributed by atoms with Crippen LogP contribution in [0.25, 0.3) is 0 Å². The molecule has 0 saturated carbocycles. The maximum atomic E-state index is 4.95. The van der Waals surface area contributed by atoms with Gasteiger partial charge in [-0.05, 0) is 0 Å². The Balaban J connectivity index is 2.19. The summed E-state index contributed by atoms with van der Waals surface area (Å²) < 4.78 is 0. The fourth-order valence-electron chi connectivity index (χ4n) is 0.0238. The normalized spacial score (nSPS) is 6.80. The SMILES string of the molecule is Cl[B]N[B]Cl. The Morgan fingerprint density at radius 3 is 1.60 bits per heavy atom. The summed E-state index contributed by atoms with van der Waals surface area (Å²) >= 11 is 9.90. The van der Waals surface area contributed by atoms with Crippen molar-refractivity contribution in [3.63, 3.8) is 0 Å². The minimum atomic E-state index is 1.22. The lowest BCUT2D eigenvalue weighted by atomic mass is 10.2. The van der Waals surface area contributed by atoms with Crippen LogP contribution in [0.5, 0.6) is 0 Å². The van der Waals surface area contributed by atoms with Gasteiger partial charge in [0.1, 0.15) is 0 Å². The molecule has 0 heterocycles. The van der Waals surface area contributed by atoms with Crippen LogP contribution in [0.2, 0.25) is 0 Å². The van der Waals surface area contributed by atoms with Crippen molar-refractivity contribution < 1.29 is 0 Å². The quantitative estimate of drug-likeness (QED) is 0.495. The molecule has 0 rings (SSSR count). The van der Waals surface area contributed by atoms with Crippen molar-refractivity contribution in [2.24, 2.45) is 0 Å². The van der Waals surface area contributed by atoms with Crippen LogP contribution in [0.3, 0.4) is 0 Å². The summed E-state index contributed by atoms with van der Waals surface area (Å²) in [6, 6.07) is 0. The fraction of sp³-hybridized carbons (Fsp3) is 0. The van der Waals surface area contributed by atoms with Gasteiger partial charge in [0.25, 0.3) is 0 Å². The summed E-state index contributed by atoms with van der Waals surface area (Å²) in [5.74, 6) is 0. The first-order valence-corrected chi connectivity index (χ1v) is 1.89. The Morgan fingerprint density at radius 2 is 1.60 bits per heavy atom. The van der Waals surface area contributed by atoms with Crippen molar-refractivity contribution >= 4 is 36.6 Å². The third-order valence-corrected chi connectivity index (χ3v) is 0.378. The third kappa shape index (κ3) is 4.67. The van der Waals surface area contributed by atoms with Gasteiger partial charge in [-0.2, -0.15) is 22.9 Å². The van der Waals surface area contributed by atoms with Crippen LogP contribution >= 0.6 is 22.9 Å². The topological polar surface area (TPSA) is 12.0 Å². The summed E-state index contributed by atoms with van der Waals surface area (Å²) in [5, 5.41) is 2.39. The zero-order valence-corrected chi connectivity index (χ0v) is 3.92. The van der Waals surface area contributed by atoms with Crippen LogP contribution in [0.1, 0.15) is 0 Å². The molecular weight excluding hydrogens is 107 g/mol. The molecule has 0 aliphatic carbocycles. The van der Waals surface area contributed by atoms with E-state index in [2.05, 4.69) is 5.14 Å². The number of halogens is 2. The standard InChI is InChI=1S/B2Cl2HN/c3-1-5-2-4/h5H. The van der Waals surface area contributed by atoms with Gasteiger partial charge in [-0.15, -0.1) is 0 Å². The molecule has 0 aliphatic heterocycles. The van der Waals surface area contributed by atoms with Gasteiger partial charge < -0.3 is 5.14 Å². The molecule has 5 heteroatoms. The van der Waals surface area contributed by atoms with Crippen LogP contribution in [0.15, 0.2) is 0 Å². The Hall–Kier alpha value is 0.670. The molecule has 0 amide bonds. The maximum absolute atomic E-state index is 4.95. The van der Waals surface area contributed by atoms with Crippen LogP contribution in [-0.4, -0.2) is 13.7 Å². The van der Waals surface area contributed by atoms with E-state index in [4.69, 9.17) is 22.9 Å². The average Bonchev–Trinajstić information content (AvgIpc) is 1.41. The second-order valence-corrected chi connectivity index (χ2v) is 0.821. The predicted octanol–water partition coefficient (Wildman–Crippen LogP) is 0.122. The Kier molecular flexibility index (Phi) is 5.30. The zero-order chi connectivity index (χ0) is 4.12. The fourth-order valence-corrected chi connectivity index (χ4v) is 0.214. The van der Waals surface area contributed by atoms with Crippen LogP contribution < -0.4 is 5.14 Å². The summed E-state index contributed by atoms with van der Waals surface area (Å²) in [5.41, 5.74) is 0. The highest BCUT2D eigenvalue weighted by Crippen LogP contribution is 1.60. The molecule has 0 aliphatic rings. The first kappa shape index (κ1) is 5.67. The number of nitrogens with one attached hydrogen (secondary N) is 1. The van der Waals surface area contributed by atoms with E-state index < -0.39 is 0 Å². The van der Waals surface area contributed by atoms with Crippen molar-refractivity contribution in [2.45, 2.75) is 0 Å². The van der Waals surface area contributed by atoms with Crippen molar-refractivity contribution in [3.05, 3.63) is 0 Å². The Labute approximate surface area is 42.4 Å². The van der Waals surface area contributed by atoms with E-state index in [1.165, 1.54) is 13.7 Å². The van der Waals surface area contributed by atoms with Gasteiger partial charge in [0.05, 0.1) is 0 Å². The molecule has 26 valence electrons. The largest absolute Gasteiger partial charge is 0.378 e. The molecule has 0 saturated heterocycles. The molecule has 1 nitrogen and oxygen atoms in total. The molecule has 0 spiro atoms. The van der Waals surface area contributed by atoms with Gasteiger partial charge >= 0.3 is 13.7 Å². The van der Waals surface area contributed by atoms with Gasteiger partial charge in [-0.1, -0.05) is 0 Å². The second kappa shape index (κ2) is 4.67. The van der Waals surface area contributed by atoms with Crippen molar-refractivity contribution in [1.82, 2.24) is 5.14 Å². The summed E-state index contributed by atoms with van der Waals surface area (Å²) in [7, 11) is 0. The maximum Gasteiger partial charge on any atom is 0.321 e. The molecule has 2 radical (unpaired) electrons. The number of rotatable bonds is 2. The monoisotopic (exact) mass is 107 g/mol. The van der Waals surface area contributed by atoms with Gasteiger partial charge in [-0.25, -0.2) is 0 Å². The van der Waals surface area contributed by atoms with E-state index in [0.717, 1.165) is 0 Å². The smallest absolute Gasteiger partial charge is 0.321 e. The lowest BCUT2D eigenvalue weighted by molar-refractivity contribution is 1.66. The Bertz CT molecular complexity index is 15.1. The van der Waals surface area contributed by atoms with E-state index in [0.29, 0.717) is 0 Å². The van der Waals surface area contributed by atoms with Crippen molar-refractivity contribution in [3.8, 4) is 0 Å². The third-order valence-electron chi connectivity index (χ3n) is 0.126. The molecule has 5 heavy (non-hydrogen) atoms. The zero-order valence-electron chi connectivity index (χ0n) is 2.41. The van der Waals surface area contributed by atoms with E-state index >= 15 is 0 Å². The molecule has 0 fully saturated rings. The van der Waals surface area contributed by atoms with Gasteiger partial charge in [-0.3, -0.25) is 0 Å². The first-order chi connectivity index (χ1) is 2.41. The summed E-state index contributed by atoms with van der Waals surface area (Å²) in [6.07, 6.45) is 0. The molecular formula is HB2Cl2N. The minimum absolute atomic E-state index is 1.22. The van der Waals surface area contributed by atoms with Gasteiger partial charge in [0.2, 0.25) is 0 Å².